The molecule has 0 fully saturated rings. The van der Waals surface area contributed by atoms with E-state index in [2.05, 4.69) is 143 Å². The standard InChI is InChI=1S/C28H30F2N2O4Si.C19H15F2N7O4.C12H12F2N2O4.C10H10F2O3.C9H10F2O2.C9H10O3.C7H5N5O.C4H6N2O2/c1-28(2,3)37(23-10-6-4-7-11-23,24-12-8-5-9-13-24)34-20-25-31-32(27(33)36-25)19-18-21-14-16-22(17-15-21)35-26(29)30;1-22-16-14-15(17(29)26(2)10-23-14)28(25-16)9-13-24-27(19(30)32-13)8-7-11-3-5-12(6-4-11)31-18(20)21;13-11(14)19-9-3-1-8(2-4-9)5-6-16-12(18)20-10(7-17)15-16;1-14-9(13)6-7-2-4-8(5-3-7)15-10(11)12;10-9(11)13-8-3-1-7(2-4-8)5-6-12;1-12-9(11)6-7-2-4-8(10)5-3-7;1-12-3-9-5-4(2-8)10-11-6(5)7(12)13;1-2-3-5-6-4(7)8-3/h4-17,26H,18-20H2,1-3H3;3-6,10,18H,7-9H2,2H3;1-4,11,17H,5-7H2;2-5,10H,6H2,1H3;1-4,9,12H,5-6H2;2-5,10H,6H2,1H3;3H,1H3,(H,10,11);2H2,1H3,(H,6,7). The third-order valence-electron chi connectivity index (χ3n) is 20.7. The minimum absolute atomic E-state index is 0.00233. The van der Waals surface area contributed by atoms with Crippen LogP contribution in [-0.4, -0.2) is 168 Å². The molecule has 0 atom stereocenters. The number of benzene rings is 8. The predicted octanol–water partition coefficient (Wildman–Crippen LogP) is 12.0. The smallest absolute Gasteiger partial charge is 0.437 e. The Morgan fingerprint density at radius 2 is 0.847 bits per heavy atom. The number of esters is 2. The number of aromatic amines is 2. The van der Waals surface area contributed by atoms with Crippen molar-refractivity contribution in [3.8, 4) is 40.6 Å². The van der Waals surface area contributed by atoms with Crippen LogP contribution < -0.4 is 68.2 Å². The van der Waals surface area contributed by atoms with Gasteiger partial charge in [0.2, 0.25) is 23.6 Å². The van der Waals surface area contributed by atoms with Crippen molar-refractivity contribution < 1.29 is 124 Å². The number of aliphatic hydroxyl groups is 2. The predicted molar refractivity (Wildman–Crippen MR) is 516 cm³/mol. The highest BCUT2D eigenvalue weighted by Crippen LogP contribution is 2.38. The normalized spacial score (nSPS) is 10.9. The van der Waals surface area contributed by atoms with E-state index in [0.717, 1.165) is 47.6 Å². The van der Waals surface area contributed by atoms with Crippen molar-refractivity contribution in [1.82, 2.24) is 78.6 Å². The van der Waals surface area contributed by atoms with Crippen molar-refractivity contribution in [2.75, 3.05) is 20.8 Å². The Morgan fingerprint density at radius 1 is 0.473 bits per heavy atom. The van der Waals surface area contributed by atoms with Gasteiger partial charge in [-0.05, 0) is 152 Å². The first-order valence-electron chi connectivity index (χ1n) is 44.7. The number of aromatic nitrogens is 16. The molecule has 0 aliphatic carbocycles. The maximum Gasteiger partial charge on any atom is 0.437 e. The Hall–Kier alpha value is -17.7. The number of nitrogens with zero attached hydrogens (tertiary/aromatic N) is 16. The topological polar surface area (TPSA) is 516 Å². The van der Waals surface area contributed by atoms with Crippen LogP contribution in [0.4, 0.5) is 49.7 Å². The van der Waals surface area contributed by atoms with Crippen LogP contribution in [0.5, 0.6) is 34.5 Å². The summed E-state index contributed by atoms with van der Waals surface area (Å²) < 4.78 is 184. The average molecular weight is 2110 g/mol. The molecular weight excluding hydrogens is 2020 g/mol. The van der Waals surface area contributed by atoms with E-state index >= 15 is 0 Å². The highest BCUT2D eigenvalue weighted by molar-refractivity contribution is 6.99. The molecule has 0 unspecified atom stereocenters. The van der Waals surface area contributed by atoms with Gasteiger partial charge in [0.05, 0.1) is 59.4 Å². The number of hydrogen-bond acceptors (Lipinski definition) is 32. The minimum Gasteiger partial charge on any atom is -0.508 e. The van der Waals surface area contributed by atoms with E-state index in [1.807, 2.05) is 49.4 Å². The number of aromatic hydroxyl groups is 1. The molecule has 0 aliphatic rings. The number of fused-ring (bicyclic) bond motifs is 2. The van der Waals surface area contributed by atoms with Crippen molar-refractivity contribution in [3.63, 3.8) is 0 Å². The number of ether oxygens (including phenoxy) is 7. The van der Waals surface area contributed by atoms with Crippen molar-refractivity contribution >= 4 is 58.5 Å². The molecule has 0 spiro atoms. The van der Waals surface area contributed by atoms with Gasteiger partial charge in [0.1, 0.15) is 71.4 Å². The molecule has 0 radical (unpaired) electrons. The monoisotopic (exact) mass is 2110 g/mol. The summed E-state index contributed by atoms with van der Waals surface area (Å²) in [5, 5.41) is 65.0. The first-order valence-corrected chi connectivity index (χ1v) is 46.6. The van der Waals surface area contributed by atoms with Crippen molar-refractivity contribution in [2.45, 2.75) is 150 Å². The quantitative estimate of drug-likeness (QED) is 0.0108. The number of H-pyrrole nitrogens is 2. The number of phenolic OH excluding ortho intramolecular Hbond substituents is 1. The molecule has 16 aromatic rings. The largest absolute Gasteiger partial charge is 0.508 e. The zero-order chi connectivity index (χ0) is 109. The van der Waals surface area contributed by atoms with Gasteiger partial charge in [-0.2, -0.15) is 73.0 Å². The zero-order valence-corrected chi connectivity index (χ0v) is 82.0. The summed E-state index contributed by atoms with van der Waals surface area (Å²) in [6, 6.07) is 59.1. The molecule has 5 N–H and O–H groups in total. The van der Waals surface area contributed by atoms with E-state index in [-0.39, 0.29) is 155 Å². The van der Waals surface area contributed by atoms with E-state index in [1.54, 1.807) is 67.7 Å². The molecule has 8 aromatic heterocycles. The van der Waals surface area contributed by atoms with Gasteiger partial charge in [-0.15, -0.1) is 20.4 Å². The Labute approximate surface area is 844 Å². The molecule has 41 nitrogen and oxygen atoms in total. The van der Waals surface area contributed by atoms with E-state index in [0.29, 0.717) is 49.1 Å². The number of carbonyl (C=O) groups excluding carboxylic acids is 2. The summed E-state index contributed by atoms with van der Waals surface area (Å²) >= 11 is 0. The van der Waals surface area contributed by atoms with Gasteiger partial charge in [0.25, 0.3) is 19.4 Å². The second-order valence-electron chi connectivity index (χ2n) is 32.0. The first kappa shape index (κ1) is 116. The first-order chi connectivity index (χ1) is 71.7. The lowest BCUT2D eigenvalue weighted by molar-refractivity contribution is -0.140. The summed E-state index contributed by atoms with van der Waals surface area (Å²) in [6.07, 6.45) is 5.52. The van der Waals surface area contributed by atoms with Gasteiger partial charge >= 0.3 is 73.8 Å². The molecule has 8 aromatic carbocycles. The van der Waals surface area contributed by atoms with Crippen LogP contribution in [0.15, 0.2) is 265 Å². The summed E-state index contributed by atoms with van der Waals surface area (Å²) in [6.45, 7) is 1.58. The lowest BCUT2D eigenvalue weighted by atomic mass is 10.1. The lowest BCUT2D eigenvalue weighted by Crippen LogP contribution is -2.66. The Balaban J connectivity index is 0.000000200. The van der Waals surface area contributed by atoms with Crippen LogP contribution in [0.3, 0.4) is 0 Å². The Bertz CT molecular complexity index is 7380. The number of aryl methyl sites for hydroxylation is 9. The molecule has 150 heavy (non-hydrogen) atoms. The van der Waals surface area contributed by atoms with Crippen molar-refractivity contribution in [2.24, 2.45) is 14.1 Å². The highest BCUT2D eigenvalue weighted by Gasteiger charge is 2.50. The molecule has 0 aliphatic heterocycles. The lowest BCUT2D eigenvalue weighted by Gasteiger charge is -2.42. The Morgan fingerprint density at radius 3 is 1.20 bits per heavy atom. The number of carbonyl (C=O) groups is 2. The van der Waals surface area contributed by atoms with E-state index in [4.69, 9.17) is 40.4 Å². The number of rotatable bonds is 34. The number of alkyl halides is 10. The molecule has 0 saturated heterocycles. The van der Waals surface area contributed by atoms with Crippen molar-refractivity contribution in [3.05, 3.63) is 356 Å². The second-order valence-corrected chi connectivity index (χ2v) is 36.3. The van der Waals surface area contributed by atoms with E-state index in [9.17, 15) is 82.3 Å². The number of nitriles is 1. The van der Waals surface area contributed by atoms with Crippen molar-refractivity contribution in [1.29, 1.82) is 5.26 Å². The fourth-order valence-corrected chi connectivity index (χ4v) is 18.1. The van der Waals surface area contributed by atoms with Gasteiger partial charge in [0.15, 0.2) is 16.7 Å². The molecule has 16 rings (SSSR count). The van der Waals surface area contributed by atoms with Crippen LogP contribution >= 0.6 is 0 Å². The fraction of sp³-hybridized carbons (Fsp3) is 0.286. The van der Waals surface area contributed by atoms with Gasteiger partial charge < -0.3 is 84.6 Å². The molecule has 8 heterocycles. The number of hydrogen-bond donors (Lipinski definition) is 5. The zero-order valence-electron chi connectivity index (χ0n) is 81.0. The van der Waals surface area contributed by atoms with Gasteiger partial charge in [-0.3, -0.25) is 24.3 Å². The maximum absolute atomic E-state index is 12.5. The molecular formula is C98H98F10N18O23Si. The van der Waals surface area contributed by atoms with Crippen LogP contribution in [-0.2, 0) is 122 Å². The number of methoxy groups -OCH3 is 2. The van der Waals surface area contributed by atoms with Gasteiger partial charge in [-0.1, -0.05) is 168 Å². The fourth-order valence-electron chi connectivity index (χ4n) is 13.6. The molecule has 0 saturated carbocycles. The van der Waals surface area contributed by atoms with E-state index < -0.39 is 76.6 Å². The number of halogens is 10. The van der Waals surface area contributed by atoms with Crippen LogP contribution in [0, 0.1) is 17.9 Å². The number of nitrogens with one attached hydrogen (secondary N) is 2. The van der Waals surface area contributed by atoms with Crippen LogP contribution in [0.25, 0.3) is 26.9 Å². The third kappa shape index (κ3) is 35.6. The summed E-state index contributed by atoms with van der Waals surface area (Å²) in [4.78, 5) is 103. The molecule has 0 amide bonds. The minimum atomic E-state index is -2.90. The summed E-state index contributed by atoms with van der Waals surface area (Å²) in [7, 11) is 2.94. The summed E-state index contributed by atoms with van der Waals surface area (Å²) in [5.74, 6) is -1.89. The van der Waals surface area contributed by atoms with E-state index in [1.165, 1.54) is 137 Å². The SMILES string of the molecule is CC(C)(C)[Si](OCc1nn(CCc2ccc(OC(F)F)cc2)c(=O)o1)(c1ccccc1)c1ccccc1.CCc1n[nH]c(=O)o1.COC(=O)Cc1ccc(O)cc1.COC(=O)Cc1ccc(OC(F)F)cc1.Cn1cnc2c(C#N)n[nH]c2c1=O.O=c1oc(CO)nn1CCc1ccc(OC(F)F)cc1.OCCc1ccc(OC(F)F)cc1.[C-]#[N+]c1nn(Cc2nn(CCc3ccc(OC(F)F)cc3)c(=O)o2)c2c(=O)n(C)cnc12. The molecule has 0 bridgehead atoms. The van der Waals surface area contributed by atoms with Crippen LogP contribution in [0.1, 0.15) is 90.3 Å². The van der Waals surface area contributed by atoms with Gasteiger partial charge in [0, 0.05) is 27.1 Å². The maximum atomic E-state index is 12.5. The third-order valence-corrected chi connectivity index (χ3v) is 25.7. The molecule has 792 valence electrons. The molecule has 52 heteroatoms. The number of phenols is 1. The van der Waals surface area contributed by atoms with Gasteiger partial charge in [-0.25, -0.2) is 34.2 Å². The van der Waals surface area contributed by atoms with Crippen LogP contribution in [0.2, 0.25) is 5.04 Å². The Kier molecular flexibility index (Phi) is 44.3. The highest BCUT2D eigenvalue weighted by atomic mass is 28.4. The number of aliphatic hydroxyl groups excluding tert-OH is 2. The summed E-state index contributed by atoms with van der Waals surface area (Å²) in [5.41, 5.74) is 5.21. The average Bonchev–Trinajstić information content (AvgIpc) is 0.985. The second kappa shape index (κ2) is 57.3.